The third kappa shape index (κ3) is 4.23. The van der Waals surface area contributed by atoms with Crippen molar-refractivity contribution in [2.45, 2.75) is 44.1 Å². The van der Waals surface area contributed by atoms with Gasteiger partial charge in [0.25, 0.3) is 5.56 Å². The van der Waals surface area contributed by atoms with E-state index >= 15 is 0 Å². The van der Waals surface area contributed by atoms with Crippen molar-refractivity contribution < 1.29 is 4.79 Å². The first-order chi connectivity index (χ1) is 13.3. The van der Waals surface area contributed by atoms with Crippen LogP contribution in [0.2, 0.25) is 5.02 Å². The van der Waals surface area contributed by atoms with E-state index in [-0.39, 0.29) is 17.5 Å². The fourth-order valence-corrected chi connectivity index (χ4v) is 4.05. The minimum absolute atomic E-state index is 0.0717. The lowest BCUT2D eigenvalue weighted by molar-refractivity contribution is -0.115. The van der Waals surface area contributed by atoms with E-state index in [1.807, 2.05) is 45.0 Å². The number of hydrogen-bond donors (Lipinski definition) is 1. The molecule has 0 fully saturated rings. The van der Waals surface area contributed by atoms with Crippen LogP contribution in [-0.4, -0.2) is 20.7 Å². The Hall–Kier alpha value is -2.31. The van der Waals surface area contributed by atoms with Gasteiger partial charge in [-0.2, -0.15) is 0 Å². The first-order valence-corrected chi connectivity index (χ1v) is 10.3. The largest absolute Gasteiger partial charge is 0.325 e. The maximum Gasteiger partial charge on any atom is 0.262 e. The zero-order valence-electron chi connectivity index (χ0n) is 16.2. The summed E-state index contributed by atoms with van der Waals surface area (Å²) >= 11 is 7.31. The molecule has 1 amide bonds. The topological polar surface area (TPSA) is 64.0 Å². The average molecular weight is 416 g/mol. The highest BCUT2D eigenvalue weighted by Gasteiger charge is 2.21. The Bertz CT molecular complexity index is 1090. The van der Waals surface area contributed by atoms with Gasteiger partial charge >= 0.3 is 0 Å². The number of carbonyl (C=O) groups is 1. The summed E-state index contributed by atoms with van der Waals surface area (Å²) in [6.45, 7) is 7.57. The highest BCUT2D eigenvalue weighted by Crippen LogP contribution is 2.27. The molecule has 3 rings (SSSR count). The van der Waals surface area contributed by atoms with E-state index in [4.69, 9.17) is 11.6 Å². The summed E-state index contributed by atoms with van der Waals surface area (Å²) in [6, 6.07) is 12.6. The lowest BCUT2D eigenvalue weighted by Gasteiger charge is -2.19. The highest BCUT2D eigenvalue weighted by atomic mass is 35.5. The number of amides is 1. The molecule has 1 unspecified atom stereocenters. The third-order valence-electron chi connectivity index (χ3n) is 4.40. The van der Waals surface area contributed by atoms with Gasteiger partial charge in [0.1, 0.15) is 0 Å². The molecule has 0 bridgehead atoms. The molecule has 0 saturated carbocycles. The summed E-state index contributed by atoms with van der Waals surface area (Å²) in [5.41, 5.74) is 2.14. The smallest absolute Gasteiger partial charge is 0.262 e. The van der Waals surface area contributed by atoms with Gasteiger partial charge in [0.05, 0.1) is 16.2 Å². The van der Waals surface area contributed by atoms with E-state index in [0.29, 0.717) is 26.8 Å². The van der Waals surface area contributed by atoms with Gasteiger partial charge in [-0.1, -0.05) is 41.6 Å². The van der Waals surface area contributed by atoms with Gasteiger partial charge < -0.3 is 5.32 Å². The van der Waals surface area contributed by atoms with Crippen LogP contribution in [0.3, 0.4) is 0 Å². The maximum atomic E-state index is 12.9. The number of aromatic nitrogens is 2. The Balaban J connectivity index is 1.91. The fourth-order valence-electron chi connectivity index (χ4n) is 2.84. The number of nitrogens with zero attached hydrogens (tertiary/aromatic N) is 2. The second kappa shape index (κ2) is 8.37. The van der Waals surface area contributed by atoms with Crippen LogP contribution in [-0.2, 0) is 4.79 Å². The Morgan fingerprint density at radius 3 is 2.61 bits per heavy atom. The Morgan fingerprint density at radius 1 is 1.18 bits per heavy atom. The molecular formula is C21H22ClN3O2S. The highest BCUT2D eigenvalue weighted by molar-refractivity contribution is 8.00. The van der Waals surface area contributed by atoms with Crippen LogP contribution >= 0.6 is 23.4 Å². The number of carbonyl (C=O) groups excluding carboxylic acids is 1. The van der Waals surface area contributed by atoms with Crippen LogP contribution in [0.15, 0.2) is 52.4 Å². The van der Waals surface area contributed by atoms with Crippen molar-refractivity contribution in [2.75, 3.05) is 5.32 Å². The van der Waals surface area contributed by atoms with Gasteiger partial charge in [0.2, 0.25) is 5.91 Å². The number of benzene rings is 2. The molecule has 7 heteroatoms. The number of hydrogen-bond acceptors (Lipinski definition) is 4. The second-order valence-corrected chi connectivity index (χ2v) is 8.63. The molecule has 146 valence electrons. The van der Waals surface area contributed by atoms with Crippen molar-refractivity contribution in [2.24, 2.45) is 0 Å². The zero-order valence-corrected chi connectivity index (χ0v) is 17.8. The Labute approximate surface area is 173 Å². The van der Waals surface area contributed by atoms with Gasteiger partial charge in [-0.05, 0) is 57.5 Å². The molecule has 0 spiro atoms. The number of para-hydroxylation sites is 1. The van der Waals surface area contributed by atoms with E-state index in [1.165, 1.54) is 11.8 Å². The molecule has 1 aromatic heterocycles. The molecule has 3 aromatic rings. The predicted octanol–water partition coefficient (Wildman–Crippen LogP) is 5.06. The van der Waals surface area contributed by atoms with Crippen LogP contribution in [0.5, 0.6) is 0 Å². The summed E-state index contributed by atoms with van der Waals surface area (Å²) in [5.74, 6) is -0.173. The van der Waals surface area contributed by atoms with E-state index in [1.54, 1.807) is 29.7 Å². The Kier molecular flexibility index (Phi) is 6.10. The maximum absolute atomic E-state index is 12.9. The van der Waals surface area contributed by atoms with Crippen molar-refractivity contribution in [1.82, 2.24) is 9.55 Å². The molecule has 0 aliphatic rings. The second-order valence-electron chi connectivity index (χ2n) is 6.89. The van der Waals surface area contributed by atoms with Crippen LogP contribution in [0.25, 0.3) is 10.9 Å². The average Bonchev–Trinajstić information content (AvgIpc) is 2.64. The van der Waals surface area contributed by atoms with Crippen LogP contribution < -0.4 is 10.9 Å². The zero-order chi connectivity index (χ0) is 20.4. The van der Waals surface area contributed by atoms with Gasteiger partial charge in [-0.15, -0.1) is 0 Å². The standard InChI is InChI=1S/C21H22ClN3O2S/c1-12(2)25-20(27)16-7-5-6-8-17(16)24-21(25)28-14(4)19(26)23-18-11-15(22)10-9-13(18)3/h5-12,14H,1-4H3,(H,23,26). The molecule has 0 aliphatic heterocycles. The number of halogens is 1. The summed E-state index contributed by atoms with van der Waals surface area (Å²) in [7, 11) is 0. The third-order valence-corrected chi connectivity index (χ3v) is 5.70. The molecule has 0 radical (unpaired) electrons. The SMILES string of the molecule is Cc1ccc(Cl)cc1NC(=O)C(C)Sc1nc2ccccc2c(=O)n1C(C)C. The first-order valence-electron chi connectivity index (χ1n) is 9.03. The Morgan fingerprint density at radius 2 is 1.89 bits per heavy atom. The normalized spacial score (nSPS) is 12.4. The number of nitrogens with one attached hydrogen (secondary N) is 1. The molecule has 5 nitrogen and oxygen atoms in total. The van der Waals surface area contributed by atoms with E-state index in [0.717, 1.165) is 5.56 Å². The quantitative estimate of drug-likeness (QED) is 0.467. The molecule has 2 aromatic carbocycles. The molecular weight excluding hydrogens is 394 g/mol. The lowest BCUT2D eigenvalue weighted by atomic mass is 10.2. The van der Waals surface area contributed by atoms with E-state index in [2.05, 4.69) is 10.3 Å². The van der Waals surface area contributed by atoms with Gasteiger partial charge in [-0.3, -0.25) is 14.2 Å². The number of anilines is 1. The van der Waals surface area contributed by atoms with Crippen molar-refractivity contribution in [3.63, 3.8) is 0 Å². The molecule has 1 atom stereocenters. The minimum Gasteiger partial charge on any atom is -0.325 e. The number of rotatable bonds is 5. The van der Waals surface area contributed by atoms with E-state index in [9.17, 15) is 9.59 Å². The molecule has 1 N–H and O–H groups in total. The fraction of sp³-hybridized carbons (Fsp3) is 0.286. The van der Waals surface area contributed by atoms with Gasteiger partial charge in [0, 0.05) is 16.8 Å². The van der Waals surface area contributed by atoms with Gasteiger partial charge in [-0.25, -0.2) is 4.98 Å². The van der Waals surface area contributed by atoms with Crippen molar-refractivity contribution in [3.8, 4) is 0 Å². The lowest BCUT2D eigenvalue weighted by Crippen LogP contribution is -2.28. The number of thioether (sulfide) groups is 1. The molecule has 28 heavy (non-hydrogen) atoms. The molecule has 0 aliphatic carbocycles. The molecule has 1 heterocycles. The first kappa shape index (κ1) is 20.4. The number of fused-ring (bicyclic) bond motifs is 1. The summed E-state index contributed by atoms with van der Waals surface area (Å²) in [4.78, 5) is 30.3. The summed E-state index contributed by atoms with van der Waals surface area (Å²) < 4.78 is 1.64. The monoisotopic (exact) mass is 415 g/mol. The summed E-state index contributed by atoms with van der Waals surface area (Å²) in [5, 5.41) is 4.13. The van der Waals surface area contributed by atoms with Crippen molar-refractivity contribution in [3.05, 3.63) is 63.4 Å². The van der Waals surface area contributed by atoms with Crippen LogP contribution in [0, 0.1) is 6.92 Å². The predicted molar refractivity (Wildman–Crippen MR) is 117 cm³/mol. The summed E-state index contributed by atoms with van der Waals surface area (Å²) in [6.07, 6.45) is 0. The minimum atomic E-state index is -0.448. The molecule has 0 saturated heterocycles. The van der Waals surface area contributed by atoms with E-state index < -0.39 is 5.25 Å². The van der Waals surface area contributed by atoms with Gasteiger partial charge in [0.15, 0.2) is 5.16 Å². The van der Waals surface area contributed by atoms with Crippen LogP contribution in [0.1, 0.15) is 32.4 Å². The van der Waals surface area contributed by atoms with Crippen molar-refractivity contribution >= 4 is 45.9 Å². The number of aryl methyl sites for hydroxylation is 1. The van der Waals surface area contributed by atoms with Crippen molar-refractivity contribution in [1.29, 1.82) is 0 Å². The van der Waals surface area contributed by atoms with Crippen LogP contribution in [0.4, 0.5) is 5.69 Å².